The van der Waals surface area contributed by atoms with Gasteiger partial charge in [0.2, 0.25) is 0 Å². The summed E-state index contributed by atoms with van der Waals surface area (Å²) >= 11 is 12.8. The van der Waals surface area contributed by atoms with Gasteiger partial charge in [-0.25, -0.2) is 0 Å². The molecule has 54 valence electrons. The third-order valence-electron chi connectivity index (χ3n) is 1.08. The van der Waals surface area contributed by atoms with Gasteiger partial charge in [0.25, 0.3) is 0 Å². The van der Waals surface area contributed by atoms with Gasteiger partial charge in [0, 0.05) is 10.8 Å². The number of alkyl halides is 1. The van der Waals surface area contributed by atoms with E-state index in [1.807, 2.05) is 12.1 Å². The number of halogens is 2. The van der Waals surface area contributed by atoms with E-state index >= 15 is 0 Å². The second kappa shape index (κ2) is 3.42. The zero-order valence-electron chi connectivity index (χ0n) is 5.23. The van der Waals surface area contributed by atoms with Crippen molar-refractivity contribution in [1.82, 2.24) is 0 Å². The normalized spacial score (nSPS) is 9.80. The van der Waals surface area contributed by atoms with Crippen LogP contribution in [0.25, 0.3) is 5.57 Å². The largest absolute Gasteiger partial charge is 0.124 e. The summed E-state index contributed by atoms with van der Waals surface area (Å²) in [4.78, 5) is 1.07. The molecule has 0 aromatic carbocycles. The van der Waals surface area contributed by atoms with Gasteiger partial charge in [-0.1, -0.05) is 18.2 Å². The van der Waals surface area contributed by atoms with Gasteiger partial charge in [0.05, 0.1) is 4.34 Å². The first-order valence-electron chi connectivity index (χ1n) is 2.73. The van der Waals surface area contributed by atoms with Crippen molar-refractivity contribution in [3.8, 4) is 0 Å². The fourth-order valence-electron chi connectivity index (χ4n) is 0.570. The van der Waals surface area contributed by atoms with Crippen LogP contribution in [-0.2, 0) is 0 Å². The zero-order chi connectivity index (χ0) is 7.56. The first kappa shape index (κ1) is 8.12. The molecule has 0 saturated carbocycles. The summed E-state index contributed by atoms with van der Waals surface area (Å²) in [6, 6.07) is 3.77. The fourth-order valence-corrected chi connectivity index (χ4v) is 1.80. The van der Waals surface area contributed by atoms with Gasteiger partial charge in [0.15, 0.2) is 0 Å². The standard InChI is InChI=1S/C7H6Cl2S/c1-5(4-8)6-2-3-7(9)10-6/h2-3H,1,4H2. The molecule has 3 heteroatoms. The average molecular weight is 193 g/mol. The van der Waals surface area contributed by atoms with E-state index in [4.69, 9.17) is 23.2 Å². The van der Waals surface area contributed by atoms with Gasteiger partial charge in [-0.2, -0.15) is 0 Å². The van der Waals surface area contributed by atoms with Crippen LogP contribution < -0.4 is 0 Å². The molecule has 0 N–H and O–H groups in total. The molecular weight excluding hydrogens is 187 g/mol. The van der Waals surface area contributed by atoms with Crippen molar-refractivity contribution < 1.29 is 0 Å². The second-order valence-corrected chi connectivity index (χ2v) is 3.82. The third kappa shape index (κ3) is 1.75. The second-order valence-electron chi connectivity index (χ2n) is 1.84. The van der Waals surface area contributed by atoms with E-state index in [0.717, 1.165) is 14.8 Å². The Morgan fingerprint density at radius 1 is 1.60 bits per heavy atom. The van der Waals surface area contributed by atoms with Crippen LogP contribution in [0.1, 0.15) is 4.88 Å². The quantitative estimate of drug-likeness (QED) is 0.629. The Balaban J connectivity index is 2.85. The highest BCUT2D eigenvalue weighted by molar-refractivity contribution is 7.17. The van der Waals surface area contributed by atoms with E-state index in [1.54, 1.807) is 0 Å². The van der Waals surface area contributed by atoms with E-state index in [-0.39, 0.29) is 0 Å². The topological polar surface area (TPSA) is 0 Å². The van der Waals surface area contributed by atoms with Crippen LogP contribution in [0.5, 0.6) is 0 Å². The molecule has 0 unspecified atom stereocenters. The van der Waals surface area contributed by atoms with E-state index < -0.39 is 0 Å². The molecule has 0 amide bonds. The molecule has 10 heavy (non-hydrogen) atoms. The zero-order valence-corrected chi connectivity index (χ0v) is 7.56. The molecule has 0 saturated heterocycles. The van der Waals surface area contributed by atoms with Crippen LogP contribution in [0.15, 0.2) is 18.7 Å². The van der Waals surface area contributed by atoms with Gasteiger partial charge in [-0.3, -0.25) is 0 Å². The molecule has 0 spiro atoms. The van der Waals surface area contributed by atoms with Gasteiger partial charge >= 0.3 is 0 Å². The summed E-state index contributed by atoms with van der Waals surface area (Å²) in [5, 5.41) is 0. The molecule has 0 aliphatic heterocycles. The molecule has 1 aromatic heterocycles. The first-order valence-corrected chi connectivity index (χ1v) is 4.46. The van der Waals surface area contributed by atoms with E-state index in [1.165, 1.54) is 11.3 Å². The maximum Gasteiger partial charge on any atom is 0.0934 e. The highest BCUT2D eigenvalue weighted by Gasteiger charge is 1.99. The van der Waals surface area contributed by atoms with Crippen LogP contribution in [0.3, 0.4) is 0 Å². The molecule has 0 aliphatic carbocycles. The Bertz CT molecular complexity index is 240. The monoisotopic (exact) mass is 192 g/mol. The van der Waals surface area contributed by atoms with E-state index in [9.17, 15) is 0 Å². The van der Waals surface area contributed by atoms with Gasteiger partial charge < -0.3 is 0 Å². The summed E-state index contributed by atoms with van der Waals surface area (Å²) < 4.78 is 0.779. The predicted molar refractivity (Wildman–Crippen MR) is 49.1 cm³/mol. The van der Waals surface area contributed by atoms with Crippen LogP contribution in [0, 0.1) is 0 Å². The smallest absolute Gasteiger partial charge is 0.0934 e. The molecule has 0 atom stereocenters. The summed E-state index contributed by atoms with van der Waals surface area (Å²) in [7, 11) is 0. The van der Waals surface area contributed by atoms with Crippen molar-refractivity contribution in [2.75, 3.05) is 5.88 Å². The van der Waals surface area contributed by atoms with Crippen molar-refractivity contribution in [1.29, 1.82) is 0 Å². The van der Waals surface area contributed by atoms with Crippen molar-refractivity contribution in [3.05, 3.63) is 27.9 Å². The van der Waals surface area contributed by atoms with Crippen molar-refractivity contribution in [3.63, 3.8) is 0 Å². The van der Waals surface area contributed by atoms with E-state index in [0.29, 0.717) is 5.88 Å². The van der Waals surface area contributed by atoms with Crippen molar-refractivity contribution in [2.45, 2.75) is 0 Å². The molecule has 0 radical (unpaired) electrons. The maximum atomic E-state index is 5.70. The lowest BCUT2D eigenvalue weighted by atomic mass is 10.3. The summed E-state index contributed by atoms with van der Waals surface area (Å²) in [5.74, 6) is 0.469. The van der Waals surface area contributed by atoms with Crippen LogP contribution in [0.2, 0.25) is 4.34 Å². The van der Waals surface area contributed by atoms with Crippen LogP contribution >= 0.6 is 34.5 Å². The summed E-state index contributed by atoms with van der Waals surface area (Å²) in [6.07, 6.45) is 0. The van der Waals surface area contributed by atoms with Crippen molar-refractivity contribution in [2.24, 2.45) is 0 Å². The molecule has 1 rings (SSSR count). The first-order chi connectivity index (χ1) is 4.74. The molecule has 0 fully saturated rings. The van der Waals surface area contributed by atoms with Crippen LogP contribution in [0.4, 0.5) is 0 Å². The lowest BCUT2D eigenvalue weighted by Gasteiger charge is -1.92. The molecule has 0 nitrogen and oxygen atoms in total. The van der Waals surface area contributed by atoms with Gasteiger partial charge in [-0.05, 0) is 17.7 Å². The van der Waals surface area contributed by atoms with Crippen LogP contribution in [-0.4, -0.2) is 5.88 Å². The Kier molecular flexibility index (Phi) is 2.78. The summed E-state index contributed by atoms with van der Waals surface area (Å²) in [6.45, 7) is 3.78. The number of thiophene rings is 1. The lowest BCUT2D eigenvalue weighted by molar-refractivity contribution is 1.75. The number of allylic oxidation sites excluding steroid dienone is 1. The average Bonchev–Trinajstić information content (AvgIpc) is 2.34. The summed E-state index contributed by atoms with van der Waals surface area (Å²) in [5.41, 5.74) is 0.929. The minimum atomic E-state index is 0.469. The minimum Gasteiger partial charge on any atom is -0.124 e. The van der Waals surface area contributed by atoms with Gasteiger partial charge in [0.1, 0.15) is 0 Å². The molecule has 0 bridgehead atoms. The lowest BCUT2D eigenvalue weighted by Crippen LogP contribution is -1.74. The Morgan fingerprint density at radius 3 is 2.70 bits per heavy atom. The van der Waals surface area contributed by atoms with Crippen molar-refractivity contribution >= 4 is 40.1 Å². The maximum absolute atomic E-state index is 5.70. The Hall–Kier alpha value is 0.0200. The Morgan fingerprint density at radius 2 is 2.30 bits per heavy atom. The van der Waals surface area contributed by atoms with E-state index in [2.05, 4.69) is 6.58 Å². The molecule has 0 aliphatic rings. The molecule has 1 heterocycles. The highest BCUT2D eigenvalue weighted by atomic mass is 35.5. The number of hydrogen-bond acceptors (Lipinski definition) is 1. The fraction of sp³-hybridized carbons (Fsp3) is 0.143. The highest BCUT2D eigenvalue weighted by Crippen LogP contribution is 2.26. The third-order valence-corrected chi connectivity index (χ3v) is 2.74. The molecule has 1 aromatic rings. The Labute approximate surface area is 74.1 Å². The minimum absolute atomic E-state index is 0.469. The predicted octanol–water partition coefficient (Wildman–Crippen LogP) is 3.65. The number of rotatable bonds is 2. The van der Waals surface area contributed by atoms with Gasteiger partial charge in [-0.15, -0.1) is 22.9 Å². The number of hydrogen-bond donors (Lipinski definition) is 0. The molecular formula is C7H6Cl2S. The SMILES string of the molecule is C=C(CCl)c1ccc(Cl)s1.